The molecule has 3 amide bonds. The first kappa shape index (κ1) is 101. The number of alkyl halides is 9. The smallest absolute Gasteiger partial charge is 0.379 e. The number of likely N-dealkylation sites (N-methyl/N-ethyl adjacent to an activating group) is 1. The maximum Gasteiger partial charge on any atom is 0.428 e. The van der Waals surface area contributed by atoms with Gasteiger partial charge in [0.1, 0.15) is 88.1 Å². The first-order valence-corrected chi connectivity index (χ1v) is 40.2. The summed E-state index contributed by atoms with van der Waals surface area (Å²) in [4.78, 5) is 65.8. The second-order valence-electron chi connectivity index (χ2n) is 30.6. The zero-order valence-corrected chi connectivity index (χ0v) is 72.1. The van der Waals surface area contributed by atoms with Crippen molar-refractivity contribution in [2.75, 3.05) is 54.1 Å². The number of hydrogen-bond donors (Lipinski definition) is 10. The topological polar surface area (TPSA) is 528 Å². The van der Waals surface area contributed by atoms with Gasteiger partial charge in [0.15, 0.2) is 92.7 Å². The molecule has 0 radical (unpaired) electrons. The zero-order valence-electron chi connectivity index (χ0n) is 72.1. The number of nitrogens with zero attached hydrogens (tertiary/aromatic N) is 21. The fourth-order valence-electron chi connectivity index (χ4n) is 12.6. The molecule has 0 aliphatic rings. The van der Waals surface area contributed by atoms with Crippen LogP contribution in [0.3, 0.4) is 0 Å². The van der Waals surface area contributed by atoms with E-state index in [4.69, 9.17) is 35.3 Å². The highest BCUT2D eigenvalue weighted by molar-refractivity contribution is 5.86. The van der Waals surface area contributed by atoms with E-state index in [0.29, 0.717) is 70.4 Å². The third kappa shape index (κ3) is 23.3. The Balaban J connectivity index is 0.000000158. The number of halogens is 18. The molecule has 736 valence electrons. The predicted octanol–water partition coefficient (Wildman–Crippen LogP) is 11.2. The van der Waals surface area contributed by atoms with Gasteiger partial charge in [-0.3, -0.25) is 33.1 Å². The highest BCUT2D eigenvalue weighted by Crippen LogP contribution is 2.38. The van der Waals surface area contributed by atoms with Crippen molar-refractivity contribution in [2.45, 2.75) is 81.0 Å². The second-order valence-corrected chi connectivity index (χ2v) is 30.6. The Hall–Kier alpha value is -16.9. The Bertz CT molecular complexity index is 6900. The number of nitrogens with two attached hydrogens (primary N) is 3. The number of carbonyl (C=O) groups is 3. The molecule has 12 aromatic heterocycles. The standard InChI is InChI=1S/C22H19F5N6O2.2C21H16F5N7O3.C21H18F3N7O3/c1-21(34,22(25,26)27)12-32(2)20-15(24)10-28-19(29-20)17-9-18(16-7-8-35-31-16)33(30-17)11-13-5-3-4-6-14(13)23;2*22-12-4-2-1-3-11(12)9-33-16(14-5-6-36-32-14)7-15(31-33)18-28-8-13(23)17(30-18)29-10-20(35,19(27)34)21(24,25)26;1-21(33,20(25)32)10-27-18-13(23)8-26-19(28-18)15-7-16(14-5-6-34-30-14)31(29-15)9-11-3-2-4-12(22)17(11)24/h3-10,34H,11-12H2,1-2H3;2*1-8,35H,9-10H2,(H2,27,34)(H,28,29,30);2-8,33H,9-10H2,1H3,(H2,25,32)(H,26,27,28)/t;2*20-;/m.10./s1. The molecule has 38 nitrogen and oxygen atoms in total. The minimum atomic E-state index is -5.43. The number of rotatable bonds is 31. The maximum atomic E-state index is 14.4. The van der Waals surface area contributed by atoms with Gasteiger partial charge in [-0.15, -0.1) is 0 Å². The van der Waals surface area contributed by atoms with Crippen LogP contribution in [-0.2, 0) is 40.6 Å². The number of amides is 3. The van der Waals surface area contributed by atoms with Crippen LogP contribution >= 0.6 is 0 Å². The molecule has 16 rings (SSSR count). The fraction of sp³-hybridized carbons (Fsp3) is 0.212. The van der Waals surface area contributed by atoms with Gasteiger partial charge in [0.25, 0.3) is 28.9 Å². The molecular weight excluding hydrogens is 1920 g/mol. The molecule has 12 heterocycles. The average Bonchev–Trinajstić information content (AvgIpc) is 1.60. The van der Waals surface area contributed by atoms with Crippen LogP contribution in [0.25, 0.3) is 91.6 Å². The lowest BCUT2D eigenvalue weighted by Crippen LogP contribution is -2.59. The van der Waals surface area contributed by atoms with Crippen LogP contribution in [0.5, 0.6) is 0 Å². The second kappa shape index (κ2) is 41.6. The van der Waals surface area contributed by atoms with Gasteiger partial charge in [-0.05, 0) is 62.4 Å². The van der Waals surface area contributed by atoms with E-state index in [1.807, 2.05) is 10.6 Å². The summed E-state index contributed by atoms with van der Waals surface area (Å²) >= 11 is 0. The third-order valence-electron chi connectivity index (χ3n) is 20.4. The molecule has 0 bridgehead atoms. The van der Waals surface area contributed by atoms with Gasteiger partial charge >= 0.3 is 18.5 Å². The number of anilines is 4. The summed E-state index contributed by atoms with van der Waals surface area (Å²) in [5.41, 5.74) is 5.67. The number of aliphatic hydroxyl groups is 4. The quantitative estimate of drug-likeness (QED) is 0.0180. The lowest BCUT2D eigenvalue weighted by molar-refractivity contribution is -0.248. The van der Waals surface area contributed by atoms with Crippen molar-refractivity contribution < 1.29 is 132 Å². The van der Waals surface area contributed by atoms with Crippen molar-refractivity contribution in [2.24, 2.45) is 17.2 Å². The molecule has 0 fully saturated rings. The van der Waals surface area contributed by atoms with Gasteiger partial charge in [0.2, 0.25) is 0 Å². The highest BCUT2D eigenvalue weighted by Gasteiger charge is 2.60. The molecule has 16 aromatic rings. The van der Waals surface area contributed by atoms with E-state index in [1.165, 1.54) is 130 Å². The number of primary amides is 3. The molecule has 4 aromatic carbocycles. The van der Waals surface area contributed by atoms with E-state index in [0.717, 1.165) is 30.4 Å². The first-order valence-electron chi connectivity index (χ1n) is 40.2. The minimum Gasteiger partial charge on any atom is -0.379 e. The maximum absolute atomic E-state index is 14.4. The van der Waals surface area contributed by atoms with Crippen molar-refractivity contribution in [1.82, 2.24) is 99.6 Å². The Morgan fingerprint density at radius 3 is 0.943 bits per heavy atom. The van der Waals surface area contributed by atoms with Crippen molar-refractivity contribution in [3.63, 3.8) is 0 Å². The largest absolute Gasteiger partial charge is 0.428 e. The number of carbonyl (C=O) groups excluding carboxylic acids is 3. The molecule has 4 atom stereocenters. The molecule has 0 saturated heterocycles. The fourth-order valence-corrected chi connectivity index (χ4v) is 12.6. The van der Waals surface area contributed by atoms with E-state index in [-0.39, 0.29) is 94.8 Å². The molecular formula is C85H69F18N27O11. The molecule has 2 unspecified atom stereocenters. The average molecular weight is 1990 g/mol. The van der Waals surface area contributed by atoms with Crippen LogP contribution in [0.15, 0.2) is 207 Å². The van der Waals surface area contributed by atoms with Gasteiger partial charge in [-0.1, -0.05) is 87.4 Å². The van der Waals surface area contributed by atoms with E-state index in [1.54, 1.807) is 54.6 Å². The molecule has 0 spiro atoms. The summed E-state index contributed by atoms with van der Waals surface area (Å²) in [7, 11) is 1.16. The van der Waals surface area contributed by atoms with Crippen molar-refractivity contribution in [3.05, 3.63) is 264 Å². The summed E-state index contributed by atoms with van der Waals surface area (Å²) in [6.45, 7) is -2.88. The van der Waals surface area contributed by atoms with Crippen LogP contribution in [0.2, 0.25) is 0 Å². The number of aromatic nitrogens is 20. The van der Waals surface area contributed by atoms with Crippen LogP contribution < -0.4 is 38.1 Å². The number of nitrogens with one attached hydrogen (secondary N) is 3. The Morgan fingerprint density at radius 1 is 0.362 bits per heavy atom. The van der Waals surface area contributed by atoms with E-state index in [9.17, 15) is 114 Å². The van der Waals surface area contributed by atoms with E-state index < -0.39 is 155 Å². The Labute approximate surface area is 777 Å². The summed E-state index contributed by atoms with van der Waals surface area (Å²) < 4.78 is 271. The van der Waals surface area contributed by atoms with Gasteiger partial charge in [-0.25, -0.2) is 79.4 Å². The number of benzene rings is 4. The predicted molar refractivity (Wildman–Crippen MR) is 452 cm³/mol. The van der Waals surface area contributed by atoms with Crippen LogP contribution in [0.1, 0.15) is 36.1 Å². The molecule has 0 aliphatic heterocycles. The Morgan fingerprint density at radius 2 is 0.652 bits per heavy atom. The summed E-state index contributed by atoms with van der Waals surface area (Å²) in [6.07, 6.45) is -7.55. The van der Waals surface area contributed by atoms with E-state index >= 15 is 0 Å². The highest BCUT2D eigenvalue weighted by atomic mass is 19.4. The molecule has 56 heteroatoms. The van der Waals surface area contributed by atoms with Crippen molar-refractivity contribution in [1.29, 1.82) is 0 Å². The van der Waals surface area contributed by atoms with Crippen LogP contribution in [-0.4, -0.2) is 212 Å². The third-order valence-corrected chi connectivity index (χ3v) is 20.4. The molecule has 13 N–H and O–H groups in total. The molecule has 141 heavy (non-hydrogen) atoms. The normalized spacial score (nSPS) is 13.3. The minimum absolute atomic E-state index is 0.0112. The van der Waals surface area contributed by atoms with E-state index in [2.05, 4.69) is 86.2 Å². The number of hydrogen-bond acceptors (Lipinski definition) is 31. The first-order chi connectivity index (χ1) is 66.6. The SMILES string of the molecule is CC(O)(CNc1nc(-c2cc(-c3ccon3)n(Cc3cccc(F)c3F)n2)ncc1F)C(N)=O.CN(CC(C)(O)C(F)(F)F)c1nc(-c2cc(-c3ccon3)n(Cc3ccccc3F)n2)ncc1F.NC(=O)[C@@](O)(CNc1nc(-c2cc(-c3ccon3)n(Cc3ccccc3F)n2)ncc1F)C(F)(F)F.NC(=O)[C@](O)(CNc1nc(-c2cc(-c3ccon3)n(Cc3ccccc3F)n2)ncc1F)C(F)(F)F. The van der Waals surface area contributed by atoms with Crippen molar-refractivity contribution >= 4 is 41.0 Å². The molecule has 0 saturated carbocycles. The Kier molecular flexibility index (Phi) is 29.9. The summed E-state index contributed by atoms with van der Waals surface area (Å²) in [5, 5.41) is 78.2. The summed E-state index contributed by atoms with van der Waals surface area (Å²) in [5.74, 6) is -15.7. The monoisotopic (exact) mass is 1990 g/mol. The van der Waals surface area contributed by atoms with Crippen LogP contribution in [0.4, 0.5) is 102 Å². The summed E-state index contributed by atoms with van der Waals surface area (Å²) in [6, 6.07) is 33.8. The lowest BCUT2D eigenvalue weighted by atomic mass is 10.0. The van der Waals surface area contributed by atoms with Gasteiger partial charge < -0.3 is 76.6 Å². The lowest BCUT2D eigenvalue weighted by Gasteiger charge is -2.31. The zero-order chi connectivity index (χ0) is 102. The van der Waals surface area contributed by atoms with Gasteiger partial charge in [0, 0.05) is 53.6 Å². The van der Waals surface area contributed by atoms with Gasteiger partial charge in [0.05, 0.1) is 99.9 Å². The molecule has 0 aliphatic carbocycles. The van der Waals surface area contributed by atoms with Crippen LogP contribution in [0, 0.1) is 52.4 Å². The van der Waals surface area contributed by atoms with Gasteiger partial charge in [-0.2, -0.15) is 59.9 Å². The van der Waals surface area contributed by atoms with Crippen molar-refractivity contribution in [3.8, 4) is 91.6 Å².